The summed E-state index contributed by atoms with van der Waals surface area (Å²) in [6, 6.07) is 10.9. The highest BCUT2D eigenvalue weighted by atomic mass is 16.5. The lowest BCUT2D eigenvalue weighted by atomic mass is 9.82. The van der Waals surface area contributed by atoms with Gasteiger partial charge in [0.25, 0.3) is 23.6 Å². The van der Waals surface area contributed by atoms with Crippen LogP contribution in [0, 0.1) is 0 Å². The minimum absolute atomic E-state index is 0.0205. The first-order chi connectivity index (χ1) is 22.1. The molecule has 46 heavy (non-hydrogen) atoms. The van der Waals surface area contributed by atoms with Gasteiger partial charge in [0, 0.05) is 95.4 Å². The topological polar surface area (TPSA) is 173 Å². The van der Waals surface area contributed by atoms with Crippen molar-refractivity contribution < 1.29 is 48.5 Å². The van der Waals surface area contributed by atoms with Crippen LogP contribution in [0.3, 0.4) is 0 Å². The summed E-state index contributed by atoms with van der Waals surface area (Å²) in [5, 5.41) is 25.0. The summed E-state index contributed by atoms with van der Waals surface area (Å²) in [7, 11) is 3.00. The van der Waals surface area contributed by atoms with Crippen LogP contribution in [0.2, 0.25) is 0 Å². The van der Waals surface area contributed by atoms with Crippen molar-refractivity contribution >= 4 is 57.1 Å². The number of ether oxygens (including phenoxy) is 2. The van der Waals surface area contributed by atoms with E-state index >= 15 is 0 Å². The van der Waals surface area contributed by atoms with E-state index in [1.807, 2.05) is 0 Å². The van der Waals surface area contributed by atoms with Crippen molar-refractivity contribution in [3.63, 3.8) is 0 Å². The molecule has 0 aliphatic carbocycles. The predicted molar refractivity (Wildman–Crippen MR) is 159 cm³/mol. The third-order valence-electron chi connectivity index (χ3n) is 8.41. The van der Waals surface area contributed by atoms with E-state index in [1.54, 1.807) is 0 Å². The smallest absolute Gasteiger partial charge is 0.261 e. The van der Waals surface area contributed by atoms with E-state index in [0.717, 1.165) is 9.80 Å². The molecule has 0 fully saturated rings. The number of amides is 4. The monoisotopic (exact) mass is 622 g/mol. The highest BCUT2D eigenvalue weighted by Crippen LogP contribution is 2.44. The predicted octanol–water partition coefficient (Wildman–Crippen LogP) is 1.65. The molecule has 0 saturated carbocycles. The number of benzene rings is 4. The molecule has 4 aromatic carbocycles. The van der Waals surface area contributed by atoms with Gasteiger partial charge in [0.15, 0.2) is 0 Å². The second-order valence-electron chi connectivity index (χ2n) is 10.9. The lowest BCUT2D eigenvalue weighted by molar-refractivity contribution is -0.256. The second kappa shape index (κ2) is 11.8. The number of aromatic carboxylic acids is 2. The highest BCUT2D eigenvalue weighted by molar-refractivity contribution is 6.32. The van der Waals surface area contributed by atoms with Crippen LogP contribution in [0.1, 0.15) is 75.0 Å². The summed E-state index contributed by atoms with van der Waals surface area (Å²) in [6.45, 7) is 0.767. The number of carboxylic acids is 2. The summed E-state index contributed by atoms with van der Waals surface area (Å²) in [5.74, 6) is -5.69. The van der Waals surface area contributed by atoms with Crippen molar-refractivity contribution in [2.24, 2.45) is 0 Å². The Balaban J connectivity index is 1.64. The van der Waals surface area contributed by atoms with E-state index in [9.17, 15) is 39.0 Å². The molecule has 0 atom stereocenters. The van der Waals surface area contributed by atoms with Gasteiger partial charge >= 0.3 is 0 Å². The van der Waals surface area contributed by atoms with Crippen LogP contribution in [0.25, 0.3) is 32.7 Å². The van der Waals surface area contributed by atoms with Crippen LogP contribution in [0.4, 0.5) is 0 Å². The number of carboxylic acid groups (broad SMARTS) is 2. The van der Waals surface area contributed by atoms with Crippen LogP contribution in [-0.2, 0) is 9.47 Å². The van der Waals surface area contributed by atoms with Gasteiger partial charge in [0.2, 0.25) is 0 Å². The molecule has 2 aliphatic heterocycles. The zero-order valence-corrected chi connectivity index (χ0v) is 24.8. The third-order valence-corrected chi connectivity index (χ3v) is 8.41. The van der Waals surface area contributed by atoms with Crippen molar-refractivity contribution in [1.82, 2.24) is 9.80 Å². The standard InChI is InChI=1S/C34H28N2O10/c1-45-15-3-13-35-29(37)19-7-5-17(25-23(33(41)42)11-9-21(27(19)25)31(35)39)18-6-8-20-28-22(10-12-24(26(18)28)34(43)44)32(40)36(30(20)38)14-4-16-46-2/h5-12H,3-4,13-16H2,1-2H3,(H,41,42)(H,43,44)/p-2. The number of methoxy groups -OCH3 is 2. The molecule has 12 nitrogen and oxygen atoms in total. The molecule has 4 amide bonds. The van der Waals surface area contributed by atoms with Crippen LogP contribution in [-0.4, -0.2) is 85.9 Å². The first-order valence-electron chi connectivity index (χ1n) is 14.4. The molecule has 0 saturated heterocycles. The van der Waals surface area contributed by atoms with E-state index in [1.165, 1.54) is 62.8 Å². The van der Waals surface area contributed by atoms with Crippen LogP contribution >= 0.6 is 0 Å². The Hall–Kier alpha value is -5.46. The number of hydrogen-bond acceptors (Lipinski definition) is 10. The van der Waals surface area contributed by atoms with Gasteiger partial charge in [-0.3, -0.25) is 29.0 Å². The van der Waals surface area contributed by atoms with Crippen molar-refractivity contribution in [2.75, 3.05) is 40.5 Å². The molecule has 0 radical (unpaired) electrons. The van der Waals surface area contributed by atoms with Crippen molar-refractivity contribution in [3.05, 3.63) is 81.9 Å². The number of imide groups is 2. The molecule has 2 heterocycles. The average Bonchev–Trinajstić information content (AvgIpc) is 3.04. The van der Waals surface area contributed by atoms with E-state index in [2.05, 4.69) is 0 Å². The van der Waals surface area contributed by atoms with E-state index in [0.29, 0.717) is 26.1 Å². The molecule has 234 valence electrons. The summed E-state index contributed by atoms with van der Waals surface area (Å²) in [6.07, 6.45) is 0.769. The largest absolute Gasteiger partial charge is 0.545 e. The Morgan fingerprint density at radius 3 is 1.13 bits per heavy atom. The fourth-order valence-corrected chi connectivity index (χ4v) is 6.40. The number of carbonyl (C=O) groups excluding carboxylic acids is 6. The molecule has 12 heteroatoms. The lowest BCUT2D eigenvalue weighted by Gasteiger charge is -2.30. The Labute approximate surface area is 261 Å². The molecule has 0 spiro atoms. The lowest BCUT2D eigenvalue weighted by Crippen LogP contribution is -2.41. The van der Waals surface area contributed by atoms with Crippen LogP contribution < -0.4 is 10.2 Å². The van der Waals surface area contributed by atoms with Gasteiger partial charge < -0.3 is 29.3 Å². The molecule has 2 aliphatic rings. The maximum Gasteiger partial charge on any atom is 0.261 e. The fraction of sp³-hybridized carbons (Fsp3) is 0.235. The Kier molecular flexibility index (Phi) is 7.84. The summed E-state index contributed by atoms with van der Waals surface area (Å²) < 4.78 is 10.1. The van der Waals surface area contributed by atoms with Crippen molar-refractivity contribution in [1.29, 1.82) is 0 Å². The maximum atomic E-state index is 13.6. The Morgan fingerprint density at radius 1 is 0.522 bits per heavy atom. The number of nitrogens with zero attached hydrogens (tertiary/aromatic N) is 2. The Bertz CT molecular complexity index is 1840. The maximum absolute atomic E-state index is 13.6. The molecule has 0 bridgehead atoms. The van der Waals surface area contributed by atoms with E-state index in [4.69, 9.17) is 9.47 Å². The zero-order chi connectivity index (χ0) is 32.9. The minimum atomic E-state index is -1.59. The normalized spacial score (nSPS) is 14.1. The van der Waals surface area contributed by atoms with Gasteiger partial charge in [-0.2, -0.15) is 0 Å². The van der Waals surface area contributed by atoms with E-state index < -0.39 is 35.6 Å². The summed E-state index contributed by atoms with van der Waals surface area (Å²) in [4.78, 5) is 81.3. The Morgan fingerprint density at radius 2 is 0.826 bits per heavy atom. The molecule has 4 aromatic rings. The average molecular weight is 623 g/mol. The molecule has 0 aromatic heterocycles. The van der Waals surface area contributed by atoms with Crippen molar-refractivity contribution in [3.8, 4) is 11.1 Å². The molecule has 0 N–H and O–H groups in total. The molecular formula is C34H26N2O10-2. The van der Waals surface area contributed by atoms with Crippen molar-refractivity contribution in [2.45, 2.75) is 12.8 Å². The SMILES string of the molecule is COCCCN1C(=O)c2ccc(C(=O)[O-])c3c(-c4ccc5c6c(ccc(C(=O)[O-])c46)C(=O)N(CCCOC)C5=O)ccc(c23)C1=O. The molecule has 6 rings (SSSR count). The molecular weight excluding hydrogens is 596 g/mol. The summed E-state index contributed by atoms with van der Waals surface area (Å²) >= 11 is 0. The van der Waals surface area contributed by atoms with Gasteiger partial charge in [0.1, 0.15) is 0 Å². The van der Waals surface area contributed by atoms with Gasteiger partial charge in [-0.1, -0.05) is 24.3 Å². The van der Waals surface area contributed by atoms with Crippen LogP contribution in [0.15, 0.2) is 48.5 Å². The number of carbonyl (C=O) groups is 6. The number of rotatable bonds is 11. The molecule has 0 unspecified atom stereocenters. The zero-order valence-electron chi connectivity index (χ0n) is 24.8. The second-order valence-corrected chi connectivity index (χ2v) is 10.9. The van der Waals surface area contributed by atoms with Gasteiger partial charge in [0.05, 0.1) is 11.9 Å². The van der Waals surface area contributed by atoms with Gasteiger partial charge in [-0.05, 0) is 48.2 Å². The quantitative estimate of drug-likeness (QED) is 0.177. The first-order valence-corrected chi connectivity index (χ1v) is 14.4. The fourth-order valence-electron chi connectivity index (χ4n) is 6.40. The summed E-state index contributed by atoms with van der Waals surface area (Å²) in [5.41, 5.74) is -0.0548. The third kappa shape index (κ3) is 4.61. The highest BCUT2D eigenvalue weighted by Gasteiger charge is 2.36. The minimum Gasteiger partial charge on any atom is -0.545 e. The van der Waals surface area contributed by atoms with Gasteiger partial charge in [-0.15, -0.1) is 0 Å². The van der Waals surface area contributed by atoms with Crippen LogP contribution in [0.5, 0.6) is 0 Å². The van der Waals surface area contributed by atoms with E-state index in [-0.39, 0.29) is 79.1 Å². The first kappa shape index (κ1) is 30.6. The number of hydrogen-bond donors (Lipinski definition) is 0. The van der Waals surface area contributed by atoms with Gasteiger partial charge in [-0.25, -0.2) is 0 Å².